The molecule has 1 aliphatic rings. The van der Waals surface area contributed by atoms with Crippen LogP contribution < -0.4 is 9.47 Å². The van der Waals surface area contributed by atoms with Gasteiger partial charge in [0.25, 0.3) is 10.1 Å². The molecule has 1 aliphatic heterocycles. The molecule has 36 heavy (non-hydrogen) atoms. The van der Waals surface area contributed by atoms with E-state index in [9.17, 15) is 13.2 Å². The maximum atomic E-state index is 13.1. The molecule has 190 valence electrons. The third kappa shape index (κ3) is 7.16. The summed E-state index contributed by atoms with van der Waals surface area (Å²) in [5, 5.41) is 0. The molecule has 0 unspecified atom stereocenters. The number of carbonyl (C=O) groups excluding carboxylic acids is 1. The second-order valence-electron chi connectivity index (χ2n) is 8.75. The van der Waals surface area contributed by atoms with Crippen molar-refractivity contribution >= 4 is 27.2 Å². The van der Waals surface area contributed by atoms with Gasteiger partial charge >= 0.3 is 0 Å². The molecule has 0 aliphatic carbocycles. The van der Waals surface area contributed by atoms with Gasteiger partial charge in [0, 0.05) is 11.8 Å². The summed E-state index contributed by atoms with van der Waals surface area (Å²) < 4.78 is 43.0. The average Bonchev–Trinajstić information content (AvgIpc) is 3.07. The zero-order chi connectivity index (χ0) is 26.5. The van der Waals surface area contributed by atoms with Gasteiger partial charge in [0.2, 0.25) is 5.78 Å². The fraction of sp³-hybridized carbons (Fsp3) is 0.259. The van der Waals surface area contributed by atoms with Crippen molar-refractivity contribution in [2.45, 2.75) is 33.0 Å². The normalized spacial score (nSPS) is 14.6. The second kappa shape index (κ2) is 10.9. The molecule has 0 spiro atoms. The highest BCUT2D eigenvalue weighted by molar-refractivity contribution is 7.85. The van der Waals surface area contributed by atoms with E-state index in [-0.39, 0.29) is 5.78 Å². The van der Waals surface area contributed by atoms with Gasteiger partial charge in [-0.15, -0.1) is 0 Å². The van der Waals surface area contributed by atoms with Gasteiger partial charge in [0.15, 0.2) is 5.60 Å². The predicted octanol–water partition coefficient (Wildman–Crippen LogP) is 4.73. The zero-order valence-electron chi connectivity index (χ0n) is 20.8. The summed E-state index contributed by atoms with van der Waals surface area (Å²) in [6, 6.07) is 19.0. The van der Waals surface area contributed by atoms with Crippen LogP contribution in [0, 0.1) is 6.92 Å². The predicted molar refractivity (Wildman–Crippen MR) is 137 cm³/mol. The molecule has 3 aromatic rings. The van der Waals surface area contributed by atoms with E-state index >= 15 is 0 Å². The number of methoxy groups -OCH3 is 1. The van der Waals surface area contributed by atoms with Crippen molar-refractivity contribution in [2.24, 2.45) is 0 Å². The number of ether oxygens (including phenoxy) is 3. The number of benzene rings is 2. The number of ketones is 1. The van der Waals surface area contributed by atoms with Gasteiger partial charge in [-0.2, -0.15) is 8.42 Å². The van der Waals surface area contributed by atoms with Crippen LogP contribution in [0.1, 0.15) is 36.2 Å². The lowest BCUT2D eigenvalue weighted by Gasteiger charge is -2.17. The fourth-order valence-electron chi connectivity index (χ4n) is 3.42. The first kappa shape index (κ1) is 26.9. The SMILES string of the molecule is COc1ccc(C2=C(c3ccc(OCc4ccc(C)cn4)cc3)C(=O)C(C)(C)O2)cc1.CS(=O)(=O)O. The highest BCUT2D eigenvalue weighted by atomic mass is 32.2. The number of Topliss-reactive ketones (excluding diaryl/α,β-unsaturated/α-hetero) is 1. The van der Waals surface area contributed by atoms with Gasteiger partial charge < -0.3 is 14.2 Å². The Morgan fingerprint density at radius 1 is 0.944 bits per heavy atom. The van der Waals surface area contributed by atoms with Crippen molar-refractivity contribution in [1.29, 1.82) is 0 Å². The molecule has 9 heteroatoms. The minimum Gasteiger partial charge on any atom is -0.497 e. The Hall–Kier alpha value is -3.69. The van der Waals surface area contributed by atoms with E-state index in [1.54, 1.807) is 21.0 Å². The second-order valence-corrected chi connectivity index (χ2v) is 10.2. The van der Waals surface area contributed by atoms with Gasteiger partial charge in [0.05, 0.1) is 24.6 Å². The molecular formula is C27H29NO7S. The molecule has 2 aromatic carbocycles. The molecule has 0 atom stereocenters. The summed E-state index contributed by atoms with van der Waals surface area (Å²) in [6.07, 6.45) is 2.54. The van der Waals surface area contributed by atoms with E-state index in [1.807, 2.05) is 73.8 Å². The van der Waals surface area contributed by atoms with Crippen LogP contribution >= 0.6 is 0 Å². The van der Waals surface area contributed by atoms with Gasteiger partial charge in [0.1, 0.15) is 23.9 Å². The Morgan fingerprint density at radius 2 is 1.50 bits per heavy atom. The molecule has 1 aromatic heterocycles. The van der Waals surface area contributed by atoms with Gasteiger partial charge in [-0.3, -0.25) is 14.3 Å². The third-order valence-corrected chi connectivity index (χ3v) is 5.21. The Kier molecular flexibility index (Phi) is 8.17. The van der Waals surface area contributed by atoms with Crippen LogP contribution in [0.2, 0.25) is 0 Å². The molecule has 0 fully saturated rings. The van der Waals surface area contributed by atoms with Gasteiger partial charge in [-0.1, -0.05) is 18.2 Å². The molecule has 0 amide bonds. The largest absolute Gasteiger partial charge is 0.497 e. The molecule has 0 radical (unpaired) electrons. The van der Waals surface area contributed by atoms with Crippen molar-refractivity contribution in [3.05, 3.63) is 89.2 Å². The summed E-state index contributed by atoms with van der Waals surface area (Å²) in [5.41, 5.74) is 3.25. The Morgan fingerprint density at radius 3 is 2.03 bits per heavy atom. The molecule has 2 heterocycles. The number of pyridine rings is 1. The number of hydrogen-bond donors (Lipinski definition) is 1. The maximum absolute atomic E-state index is 13.1. The highest BCUT2D eigenvalue weighted by Crippen LogP contribution is 2.41. The number of aromatic nitrogens is 1. The number of rotatable bonds is 6. The topological polar surface area (TPSA) is 112 Å². The van der Waals surface area contributed by atoms with Gasteiger partial charge in [-0.05, 0) is 74.4 Å². The molecule has 8 nitrogen and oxygen atoms in total. The van der Waals surface area contributed by atoms with Crippen molar-refractivity contribution in [2.75, 3.05) is 13.4 Å². The molecule has 0 bridgehead atoms. The Bertz CT molecular complexity index is 1330. The number of hydrogen-bond acceptors (Lipinski definition) is 7. The lowest BCUT2D eigenvalue weighted by molar-refractivity contribution is -0.125. The van der Waals surface area contributed by atoms with E-state index in [1.165, 1.54) is 0 Å². The van der Waals surface area contributed by atoms with E-state index in [0.717, 1.165) is 28.1 Å². The number of nitrogens with zero attached hydrogens (tertiary/aromatic N) is 1. The van der Waals surface area contributed by atoms with E-state index in [2.05, 4.69) is 4.98 Å². The molecule has 4 rings (SSSR count). The lowest BCUT2D eigenvalue weighted by atomic mass is 9.92. The third-order valence-electron chi connectivity index (χ3n) is 5.21. The van der Waals surface area contributed by atoms with Gasteiger partial charge in [-0.25, -0.2) is 0 Å². The van der Waals surface area contributed by atoms with Crippen LogP contribution in [0.25, 0.3) is 11.3 Å². The van der Waals surface area contributed by atoms with E-state index in [0.29, 0.717) is 29.9 Å². The standard InChI is InChI=1S/C26H25NO4.CH4O3S/c1-17-5-10-20(27-15-17)16-30-22-13-6-18(7-14-22)23-24(31-26(2,3)25(23)28)19-8-11-21(29-4)12-9-19;1-5(2,3)4/h5-15H,16H2,1-4H3;1H3,(H,2,3,4). The monoisotopic (exact) mass is 511 g/mol. The molecular weight excluding hydrogens is 482 g/mol. The maximum Gasteiger partial charge on any atom is 0.261 e. The lowest BCUT2D eigenvalue weighted by Crippen LogP contribution is -2.29. The quantitative estimate of drug-likeness (QED) is 0.473. The smallest absolute Gasteiger partial charge is 0.261 e. The first-order chi connectivity index (χ1) is 16.9. The van der Waals surface area contributed by atoms with E-state index in [4.69, 9.17) is 18.8 Å². The summed E-state index contributed by atoms with van der Waals surface area (Å²) in [6.45, 7) is 5.96. The summed E-state index contributed by atoms with van der Waals surface area (Å²) in [4.78, 5) is 17.5. The Balaban J connectivity index is 0.000000658. The molecule has 0 saturated carbocycles. The van der Waals surface area contributed by atoms with Crippen LogP contribution in [0.5, 0.6) is 11.5 Å². The van der Waals surface area contributed by atoms with Crippen molar-refractivity contribution in [3.63, 3.8) is 0 Å². The molecule has 1 N–H and O–H groups in total. The van der Waals surface area contributed by atoms with Crippen LogP contribution in [0.3, 0.4) is 0 Å². The average molecular weight is 512 g/mol. The van der Waals surface area contributed by atoms with Crippen LogP contribution in [0.4, 0.5) is 0 Å². The van der Waals surface area contributed by atoms with Crippen molar-refractivity contribution in [3.8, 4) is 11.5 Å². The van der Waals surface area contributed by atoms with Crippen molar-refractivity contribution in [1.82, 2.24) is 4.98 Å². The van der Waals surface area contributed by atoms with Crippen LogP contribution in [-0.2, 0) is 26.3 Å². The summed E-state index contributed by atoms with van der Waals surface area (Å²) >= 11 is 0. The number of aryl methyl sites for hydroxylation is 1. The molecule has 0 saturated heterocycles. The zero-order valence-corrected chi connectivity index (χ0v) is 21.6. The highest BCUT2D eigenvalue weighted by Gasteiger charge is 2.42. The fourth-order valence-corrected chi connectivity index (χ4v) is 3.42. The first-order valence-corrected chi connectivity index (χ1v) is 12.9. The number of carbonyl (C=O) groups is 1. The van der Waals surface area contributed by atoms with Crippen LogP contribution in [0.15, 0.2) is 66.9 Å². The van der Waals surface area contributed by atoms with E-state index < -0.39 is 15.7 Å². The first-order valence-electron chi connectivity index (χ1n) is 11.1. The summed E-state index contributed by atoms with van der Waals surface area (Å²) in [7, 11) is -2.04. The minimum absolute atomic E-state index is 0.0455. The van der Waals surface area contributed by atoms with Crippen molar-refractivity contribution < 1.29 is 32.0 Å². The Labute approximate surface area is 211 Å². The minimum atomic E-state index is -3.67. The van der Waals surface area contributed by atoms with Crippen LogP contribution in [-0.4, -0.2) is 42.7 Å². The summed E-state index contributed by atoms with van der Waals surface area (Å²) in [5.74, 6) is 1.99.